The second-order valence-corrected chi connectivity index (χ2v) is 9.08. The Bertz CT molecular complexity index is 1250. The summed E-state index contributed by atoms with van der Waals surface area (Å²) in [6.07, 6.45) is 1.47. The molecule has 0 amide bonds. The minimum Gasteiger partial charge on any atom is -0.456 e. The second-order valence-electron chi connectivity index (χ2n) is 9.08. The Morgan fingerprint density at radius 2 is 0.972 bits per heavy atom. The summed E-state index contributed by atoms with van der Waals surface area (Å²) in [5.41, 5.74) is 8.77. The summed E-state index contributed by atoms with van der Waals surface area (Å²) in [5.74, 6) is -0.716. The van der Waals surface area contributed by atoms with E-state index in [4.69, 9.17) is 9.47 Å². The number of aromatic amines is 2. The molecule has 0 aliphatic heterocycles. The van der Waals surface area contributed by atoms with Crippen LogP contribution in [0.4, 0.5) is 0 Å². The topological polar surface area (TPSA) is 84.2 Å². The lowest BCUT2D eigenvalue weighted by atomic mass is 9.98. The van der Waals surface area contributed by atoms with Crippen LogP contribution in [-0.4, -0.2) is 21.9 Å². The first kappa shape index (κ1) is 25.0. The van der Waals surface area contributed by atoms with Crippen molar-refractivity contribution in [2.75, 3.05) is 0 Å². The van der Waals surface area contributed by atoms with Gasteiger partial charge in [0.1, 0.15) is 24.6 Å². The SMILES string of the molecule is Cc1[nH]c(C(=O)OCc2ccccc2)c(C)c1CCc1c(C)[nH]c(C(=O)OCc2ccccc2)c1C. The Balaban J connectivity index is 1.41. The first-order valence-corrected chi connectivity index (χ1v) is 12.1. The van der Waals surface area contributed by atoms with Crippen LogP contribution in [0.15, 0.2) is 60.7 Å². The smallest absolute Gasteiger partial charge is 0.355 e. The molecule has 0 aliphatic carbocycles. The first-order valence-electron chi connectivity index (χ1n) is 12.1. The highest BCUT2D eigenvalue weighted by Gasteiger charge is 2.22. The van der Waals surface area contributed by atoms with Crippen molar-refractivity contribution in [3.8, 4) is 0 Å². The van der Waals surface area contributed by atoms with Crippen LogP contribution in [0.3, 0.4) is 0 Å². The van der Waals surface area contributed by atoms with Crippen molar-refractivity contribution in [2.45, 2.75) is 53.8 Å². The lowest BCUT2D eigenvalue weighted by molar-refractivity contribution is 0.0457. The molecular formula is C30H32N2O4. The van der Waals surface area contributed by atoms with E-state index in [1.54, 1.807) is 0 Å². The molecule has 0 bridgehead atoms. The lowest BCUT2D eigenvalue weighted by Crippen LogP contribution is -2.08. The fourth-order valence-corrected chi connectivity index (χ4v) is 4.58. The third-order valence-corrected chi connectivity index (χ3v) is 6.64. The van der Waals surface area contributed by atoms with Gasteiger partial charge in [0.15, 0.2) is 0 Å². The molecule has 2 N–H and O–H groups in total. The molecule has 0 saturated carbocycles. The fraction of sp³-hybridized carbons (Fsp3) is 0.267. The number of rotatable bonds is 9. The Morgan fingerprint density at radius 3 is 1.33 bits per heavy atom. The van der Waals surface area contributed by atoms with Gasteiger partial charge in [-0.1, -0.05) is 60.7 Å². The average molecular weight is 485 g/mol. The highest BCUT2D eigenvalue weighted by Crippen LogP contribution is 2.25. The van der Waals surface area contributed by atoms with Gasteiger partial charge >= 0.3 is 11.9 Å². The quantitative estimate of drug-likeness (QED) is 0.282. The summed E-state index contributed by atoms with van der Waals surface area (Å²) in [5, 5.41) is 0. The van der Waals surface area contributed by atoms with Crippen LogP contribution in [0.5, 0.6) is 0 Å². The number of hydrogen-bond acceptors (Lipinski definition) is 4. The highest BCUT2D eigenvalue weighted by molar-refractivity contribution is 5.90. The number of benzene rings is 2. The first-order chi connectivity index (χ1) is 17.3. The normalized spacial score (nSPS) is 10.9. The summed E-state index contributed by atoms with van der Waals surface area (Å²) in [4.78, 5) is 31.9. The van der Waals surface area contributed by atoms with E-state index in [2.05, 4.69) is 9.97 Å². The van der Waals surface area contributed by atoms with Crippen LogP contribution >= 0.6 is 0 Å². The van der Waals surface area contributed by atoms with Crippen LogP contribution < -0.4 is 0 Å². The summed E-state index contributed by atoms with van der Waals surface area (Å²) < 4.78 is 11.0. The van der Waals surface area contributed by atoms with E-state index in [0.717, 1.165) is 57.6 Å². The zero-order valence-corrected chi connectivity index (χ0v) is 21.2. The van der Waals surface area contributed by atoms with Crippen molar-refractivity contribution in [3.63, 3.8) is 0 Å². The Labute approximate surface area is 211 Å². The van der Waals surface area contributed by atoms with Gasteiger partial charge in [-0.2, -0.15) is 0 Å². The molecule has 6 nitrogen and oxygen atoms in total. The lowest BCUT2D eigenvalue weighted by Gasteiger charge is -2.07. The third kappa shape index (κ3) is 5.60. The van der Waals surface area contributed by atoms with Crippen LogP contribution in [-0.2, 0) is 35.5 Å². The van der Waals surface area contributed by atoms with Gasteiger partial charge in [-0.3, -0.25) is 0 Å². The maximum Gasteiger partial charge on any atom is 0.355 e. The molecular weight excluding hydrogens is 452 g/mol. The number of esters is 2. The zero-order chi connectivity index (χ0) is 25.7. The maximum atomic E-state index is 12.7. The van der Waals surface area contributed by atoms with E-state index in [9.17, 15) is 9.59 Å². The zero-order valence-electron chi connectivity index (χ0n) is 21.2. The molecule has 6 heteroatoms. The average Bonchev–Trinajstić information content (AvgIpc) is 3.34. The molecule has 4 rings (SSSR count). The molecule has 0 saturated heterocycles. The minimum atomic E-state index is -0.358. The van der Waals surface area contributed by atoms with E-state index < -0.39 is 0 Å². The van der Waals surface area contributed by atoms with Gasteiger partial charge in [0, 0.05) is 11.4 Å². The predicted octanol–water partition coefficient (Wildman–Crippen LogP) is 6.08. The largest absolute Gasteiger partial charge is 0.456 e. The van der Waals surface area contributed by atoms with Gasteiger partial charge < -0.3 is 19.4 Å². The monoisotopic (exact) mass is 484 g/mol. The van der Waals surface area contributed by atoms with Gasteiger partial charge in [-0.05, 0) is 73.9 Å². The van der Waals surface area contributed by atoms with E-state index >= 15 is 0 Å². The predicted molar refractivity (Wildman–Crippen MR) is 139 cm³/mol. The number of nitrogens with one attached hydrogen (secondary N) is 2. The third-order valence-electron chi connectivity index (χ3n) is 6.64. The van der Waals surface area contributed by atoms with Crippen LogP contribution in [0, 0.1) is 27.7 Å². The molecule has 0 atom stereocenters. The molecule has 2 aromatic carbocycles. The standard InChI is InChI=1S/C30H32N2O4/c1-19-25(21(3)31-27(19)29(33)35-17-23-11-7-5-8-12-23)15-16-26-20(2)28(32-22(26)4)30(34)36-18-24-13-9-6-10-14-24/h5-14,31-32H,15-18H2,1-4H3. The van der Waals surface area contributed by atoms with Crippen molar-refractivity contribution >= 4 is 11.9 Å². The number of aryl methyl sites for hydroxylation is 2. The van der Waals surface area contributed by atoms with Crippen LogP contribution in [0.25, 0.3) is 0 Å². The number of H-pyrrole nitrogens is 2. The van der Waals surface area contributed by atoms with Crippen molar-refractivity contribution in [3.05, 3.63) is 117 Å². The number of carbonyl (C=O) groups excluding carboxylic acids is 2. The Morgan fingerprint density at radius 1 is 0.611 bits per heavy atom. The van der Waals surface area contributed by atoms with E-state index in [1.165, 1.54) is 0 Å². The summed E-state index contributed by atoms with van der Waals surface area (Å²) >= 11 is 0. The van der Waals surface area contributed by atoms with E-state index in [0.29, 0.717) is 11.4 Å². The van der Waals surface area contributed by atoms with Crippen LogP contribution in [0.2, 0.25) is 0 Å². The molecule has 0 radical (unpaired) electrons. The Kier molecular flexibility index (Phi) is 7.74. The summed E-state index contributed by atoms with van der Waals surface area (Å²) in [6.45, 7) is 8.30. The van der Waals surface area contributed by atoms with Crippen molar-refractivity contribution in [2.24, 2.45) is 0 Å². The van der Waals surface area contributed by atoms with Gasteiger partial charge in [-0.15, -0.1) is 0 Å². The van der Waals surface area contributed by atoms with Crippen molar-refractivity contribution in [1.82, 2.24) is 9.97 Å². The molecule has 4 aromatic rings. The summed E-state index contributed by atoms with van der Waals surface area (Å²) in [7, 11) is 0. The molecule has 0 unspecified atom stereocenters. The van der Waals surface area contributed by atoms with E-state index in [1.807, 2.05) is 88.4 Å². The second kappa shape index (κ2) is 11.1. The van der Waals surface area contributed by atoms with E-state index in [-0.39, 0.29) is 25.2 Å². The number of ether oxygens (including phenoxy) is 2. The number of aromatic nitrogens is 2. The molecule has 186 valence electrons. The van der Waals surface area contributed by atoms with Gasteiger partial charge in [0.25, 0.3) is 0 Å². The van der Waals surface area contributed by atoms with Gasteiger partial charge in [0.05, 0.1) is 0 Å². The Hall–Kier alpha value is -4.06. The maximum absolute atomic E-state index is 12.7. The molecule has 0 aliphatic rings. The molecule has 36 heavy (non-hydrogen) atoms. The molecule has 2 heterocycles. The summed E-state index contributed by atoms with van der Waals surface area (Å²) in [6, 6.07) is 19.3. The van der Waals surface area contributed by atoms with Crippen molar-refractivity contribution < 1.29 is 19.1 Å². The van der Waals surface area contributed by atoms with Crippen LogP contribution in [0.1, 0.15) is 65.7 Å². The molecule has 0 spiro atoms. The fourth-order valence-electron chi connectivity index (χ4n) is 4.58. The van der Waals surface area contributed by atoms with Crippen molar-refractivity contribution in [1.29, 1.82) is 0 Å². The highest BCUT2D eigenvalue weighted by atomic mass is 16.5. The minimum absolute atomic E-state index is 0.234. The molecule has 2 aromatic heterocycles. The number of carbonyl (C=O) groups is 2. The van der Waals surface area contributed by atoms with Gasteiger partial charge in [-0.25, -0.2) is 9.59 Å². The van der Waals surface area contributed by atoms with Gasteiger partial charge in [0.2, 0.25) is 0 Å². The number of hydrogen-bond donors (Lipinski definition) is 2. The molecule has 0 fully saturated rings.